The van der Waals surface area contributed by atoms with E-state index in [1.54, 1.807) is 12.1 Å². The minimum Gasteiger partial charge on any atom is -0.486 e. The highest BCUT2D eigenvalue weighted by Crippen LogP contribution is 2.38. The molecule has 0 bridgehead atoms. The van der Waals surface area contributed by atoms with Crippen LogP contribution in [0, 0.1) is 0 Å². The van der Waals surface area contributed by atoms with E-state index >= 15 is 0 Å². The van der Waals surface area contributed by atoms with Crippen molar-refractivity contribution < 1.29 is 14.3 Å². The number of aromatic nitrogens is 2. The zero-order valence-corrected chi connectivity index (χ0v) is 12.9. The van der Waals surface area contributed by atoms with Crippen LogP contribution in [0.1, 0.15) is 10.5 Å². The van der Waals surface area contributed by atoms with Crippen LogP contribution in [0.15, 0.2) is 29.0 Å². The summed E-state index contributed by atoms with van der Waals surface area (Å²) in [5, 5.41) is 2.88. The second kappa shape index (κ2) is 5.87. The van der Waals surface area contributed by atoms with Crippen LogP contribution in [0.2, 0.25) is 5.15 Å². The number of anilines is 1. The summed E-state index contributed by atoms with van der Waals surface area (Å²) in [6.45, 7) is 0.977. The highest BCUT2D eigenvalue weighted by Gasteiger charge is 2.17. The molecule has 0 fully saturated rings. The summed E-state index contributed by atoms with van der Waals surface area (Å²) >= 11 is 9.10. The first-order chi connectivity index (χ1) is 10.1. The van der Waals surface area contributed by atoms with Gasteiger partial charge in [0.1, 0.15) is 24.1 Å². The van der Waals surface area contributed by atoms with Gasteiger partial charge in [0.25, 0.3) is 5.91 Å². The number of benzene rings is 1. The van der Waals surface area contributed by atoms with Gasteiger partial charge in [0.2, 0.25) is 0 Å². The minimum atomic E-state index is -0.414. The molecular formula is C13H9BrClN3O3. The van der Waals surface area contributed by atoms with Gasteiger partial charge in [-0.1, -0.05) is 11.6 Å². The van der Waals surface area contributed by atoms with Crippen molar-refractivity contribution >= 4 is 39.1 Å². The molecule has 3 rings (SSSR count). The highest BCUT2D eigenvalue weighted by atomic mass is 79.9. The molecule has 108 valence electrons. The molecule has 0 saturated heterocycles. The van der Waals surface area contributed by atoms with Crippen LogP contribution >= 0.6 is 27.5 Å². The molecule has 1 aromatic heterocycles. The Hall–Kier alpha value is -1.86. The standard InChI is InChI=1S/C13H9BrClN3O3/c14-7-3-10-11(21-2-1-20-10)4-8(7)18-13(19)9-5-16-6-12(15)17-9/h3-6H,1-2H2,(H,18,19). The zero-order valence-electron chi connectivity index (χ0n) is 10.6. The van der Waals surface area contributed by atoms with Crippen LogP contribution < -0.4 is 14.8 Å². The SMILES string of the molecule is O=C(Nc1cc2c(cc1Br)OCCO2)c1cncc(Cl)n1. The Morgan fingerprint density at radius 1 is 1.24 bits per heavy atom. The molecule has 1 aliphatic rings. The Labute approximate surface area is 133 Å². The summed E-state index contributed by atoms with van der Waals surface area (Å²) in [4.78, 5) is 19.9. The van der Waals surface area contributed by atoms with E-state index in [-0.39, 0.29) is 10.8 Å². The lowest BCUT2D eigenvalue weighted by Gasteiger charge is -2.20. The van der Waals surface area contributed by atoms with Crippen LogP contribution in [0.25, 0.3) is 0 Å². The van der Waals surface area contributed by atoms with Crippen LogP contribution in [0.4, 0.5) is 5.69 Å². The number of rotatable bonds is 2. The number of halogens is 2. The maximum Gasteiger partial charge on any atom is 0.275 e. The molecule has 1 amide bonds. The highest BCUT2D eigenvalue weighted by molar-refractivity contribution is 9.10. The van der Waals surface area contributed by atoms with E-state index in [2.05, 4.69) is 31.2 Å². The summed E-state index contributed by atoms with van der Waals surface area (Å²) < 4.78 is 11.6. The number of carbonyl (C=O) groups is 1. The van der Waals surface area contributed by atoms with Crippen molar-refractivity contribution in [3.8, 4) is 11.5 Å². The van der Waals surface area contributed by atoms with Gasteiger partial charge in [0, 0.05) is 16.6 Å². The topological polar surface area (TPSA) is 73.3 Å². The Kier molecular flexibility index (Phi) is 3.94. The lowest BCUT2D eigenvalue weighted by Crippen LogP contribution is -2.17. The molecule has 1 aromatic carbocycles. The van der Waals surface area contributed by atoms with E-state index in [0.717, 1.165) is 0 Å². The van der Waals surface area contributed by atoms with Crippen molar-refractivity contribution in [3.63, 3.8) is 0 Å². The van der Waals surface area contributed by atoms with Gasteiger partial charge in [0.05, 0.1) is 18.1 Å². The molecular weight excluding hydrogens is 362 g/mol. The summed E-state index contributed by atoms with van der Waals surface area (Å²) in [5.41, 5.74) is 0.676. The molecule has 0 spiro atoms. The first-order valence-corrected chi connectivity index (χ1v) is 7.18. The van der Waals surface area contributed by atoms with Crippen LogP contribution in [-0.2, 0) is 0 Å². The Balaban J connectivity index is 1.86. The summed E-state index contributed by atoms with van der Waals surface area (Å²) in [6, 6.07) is 3.43. The summed E-state index contributed by atoms with van der Waals surface area (Å²) in [5.74, 6) is 0.799. The number of ether oxygens (including phenoxy) is 2. The van der Waals surface area contributed by atoms with Gasteiger partial charge in [-0.25, -0.2) is 4.98 Å². The lowest BCUT2D eigenvalue weighted by atomic mass is 10.2. The molecule has 6 nitrogen and oxygen atoms in total. The van der Waals surface area contributed by atoms with E-state index in [4.69, 9.17) is 21.1 Å². The number of hydrogen-bond donors (Lipinski definition) is 1. The fourth-order valence-electron chi connectivity index (χ4n) is 1.80. The second-order valence-electron chi connectivity index (χ2n) is 4.16. The molecule has 0 unspecified atom stereocenters. The monoisotopic (exact) mass is 369 g/mol. The van der Waals surface area contributed by atoms with Gasteiger partial charge >= 0.3 is 0 Å². The van der Waals surface area contributed by atoms with E-state index < -0.39 is 5.91 Å². The Morgan fingerprint density at radius 2 is 1.95 bits per heavy atom. The largest absolute Gasteiger partial charge is 0.486 e. The zero-order chi connectivity index (χ0) is 14.8. The summed E-state index contributed by atoms with van der Waals surface area (Å²) in [6.07, 6.45) is 2.70. The van der Waals surface area contributed by atoms with Crippen LogP contribution in [0.5, 0.6) is 11.5 Å². The minimum absolute atomic E-state index is 0.129. The fourth-order valence-corrected chi connectivity index (χ4v) is 2.37. The number of nitrogens with one attached hydrogen (secondary N) is 1. The predicted molar refractivity (Wildman–Crippen MR) is 80.1 cm³/mol. The van der Waals surface area contributed by atoms with Crippen LogP contribution in [-0.4, -0.2) is 29.1 Å². The van der Waals surface area contributed by atoms with Gasteiger partial charge in [-0.05, 0) is 15.9 Å². The smallest absolute Gasteiger partial charge is 0.275 e. The number of nitrogens with zero attached hydrogens (tertiary/aromatic N) is 2. The maximum absolute atomic E-state index is 12.1. The first kappa shape index (κ1) is 14.1. The van der Waals surface area contributed by atoms with Crippen molar-refractivity contribution in [2.45, 2.75) is 0 Å². The van der Waals surface area contributed by atoms with Crippen molar-refractivity contribution in [1.29, 1.82) is 0 Å². The molecule has 2 heterocycles. The van der Waals surface area contributed by atoms with E-state index in [1.165, 1.54) is 12.4 Å². The van der Waals surface area contributed by atoms with Gasteiger partial charge in [-0.2, -0.15) is 0 Å². The van der Waals surface area contributed by atoms with Gasteiger partial charge in [-0.15, -0.1) is 0 Å². The average Bonchev–Trinajstić information content (AvgIpc) is 2.48. The third-order valence-corrected chi connectivity index (χ3v) is 3.56. The molecule has 0 radical (unpaired) electrons. The molecule has 0 saturated carbocycles. The third kappa shape index (κ3) is 3.08. The number of amides is 1. The molecule has 1 N–H and O–H groups in total. The van der Waals surface area contributed by atoms with Crippen molar-refractivity contribution in [2.24, 2.45) is 0 Å². The Bertz CT molecular complexity index is 711. The number of hydrogen-bond acceptors (Lipinski definition) is 5. The maximum atomic E-state index is 12.1. The van der Waals surface area contributed by atoms with Crippen molar-refractivity contribution in [2.75, 3.05) is 18.5 Å². The Morgan fingerprint density at radius 3 is 2.67 bits per heavy atom. The van der Waals surface area contributed by atoms with Crippen molar-refractivity contribution in [3.05, 3.63) is 39.8 Å². The number of fused-ring (bicyclic) bond motifs is 1. The van der Waals surface area contributed by atoms with Crippen molar-refractivity contribution in [1.82, 2.24) is 9.97 Å². The average molecular weight is 371 g/mol. The third-order valence-electron chi connectivity index (χ3n) is 2.72. The molecule has 8 heteroatoms. The normalized spacial score (nSPS) is 12.9. The number of carbonyl (C=O) groups excluding carboxylic acids is 1. The van der Waals surface area contributed by atoms with E-state index in [9.17, 15) is 4.79 Å². The quantitative estimate of drug-likeness (QED) is 0.880. The van der Waals surface area contributed by atoms with Gasteiger partial charge < -0.3 is 14.8 Å². The van der Waals surface area contributed by atoms with Crippen LogP contribution in [0.3, 0.4) is 0 Å². The lowest BCUT2D eigenvalue weighted by molar-refractivity contribution is 0.102. The predicted octanol–water partition coefficient (Wildman–Crippen LogP) is 2.92. The van der Waals surface area contributed by atoms with Gasteiger partial charge in [-0.3, -0.25) is 9.78 Å². The summed E-state index contributed by atoms with van der Waals surface area (Å²) in [7, 11) is 0. The van der Waals surface area contributed by atoms with E-state index in [1.807, 2.05) is 0 Å². The first-order valence-electron chi connectivity index (χ1n) is 6.01. The molecule has 1 aliphatic heterocycles. The molecule has 0 aliphatic carbocycles. The second-order valence-corrected chi connectivity index (χ2v) is 5.40. The fraction of sp³-hybridized carbons (Fsp3) is 0.154. The molecule has 0 atom stereocenters. The molecule has 2 aromatic rings. The van der Waals surface area contributed by atoms with Gasteiger partial charge in [0.15, 0.2) is 11.5 Å². The van der Waals surface area contributed by atoms with E-state index in [0.29, 0.717) is 34.9 Å². The molecule has 21 heavy (non-hydrogen) atoms.